The predicted molar refractivity (Wildman–Crippen MR) is 73.3 cm³/mol. The van der Waals surface area contributed by atoms with Gasteiger partial charge in [-0.1, -0.05) is 6.07 Å². The molecular weight excluding hydrogens is 238 g/mol. The molecule has 0 unspecified atom stereocenters. The highest BCUT2D eigenvalue weighted by molar-refractivity contribution is 5.37. The largest absolute Gasteiger partial charge is 0.383 e. The van der Waals surface area contributed by atoms with Crippen LogP contribution in [0, 0.1) is 29.6 Å². The number of aryl methyl sites for hydroxylation is 1. The van der Waals surface area contributed by atoms with Crippen molar-refractivity contribution in [1.82, 2.24) is 4.90 Å². The van der Waals surface area contributed by atoms with Crippen LogP contribution in [0.3, 0.4) is 0 Å². The predicted octanol–water partition coefficient (Wildman–Crippen LogP) is 2.23. The molecule has 4 heteroatoms. The summed E-state index contributed by atoms with van der Waals surface area (Å²) in [5.74, 6) is 0. The van der Waals surface area contributed by atoms with Crippen molar-refractivity contribution in [3.63, 3.8) is 0 Å². The Balaban J connectivity index is 2.72. The van der Waals surface area contributed by atoms with E-state index in [4.69, 9.17) is 15.3 Å². The first-order valence-electron chi connectivity index (χ1n) is 6.29. The van der Waals surface area contributed by atoms with Crippen LogP contribution in [-0.2, 0) is 11.3 Å². The van der Waals surface area contributed by atoms with E-state index in [2.05, 4.69) is 17.0 Å². The lowest BCUT2D eigenvalue weighted by atomic mass is 10.1. The second-order valence-electron chi connectivity index (χ2n) is 4.43. The van der Waals surface area contributed by atoms with Crippen molar-refractivity contribution in [1.29, 1.82) is 10.5 Å². The minimum atomic E-state index is 0.513. The first-order valence-corrected chi connectivity index (χ1v) is 6.29. The van der Waals surface area contributed by atoms with Crippen LogP contribution >= 0.6 is 0 Å². The summed E-state index contributed by atoms with van der Waals surface area (Å²) in [5, 5.41) is 17.5. The van der Waals surface area contributed by atoms with E-state index in [0.717, 1.165) is 25.2 Å². The summed E-state index contributed by atoms with van der Waals surface area (Å²) in [6.45, 7) is 4.98. The van der Waals surface area contributed by atoms with Gasteiger partial charge in [0.25, 0.3) is 0 Å². The molecule has 19 heavy (non-hydrogen) atoms. The highest BCUT2D eigenvalue weighted by Gasteiger charge is 2.08. The van der Waals surface area contributed by atoms with Gasteiger partial charge in [0.05, 0.1) is 24.3 Å². The van der Waals surface area contributed by atoms with Gasteiger partial charge in [0, 0.05) is 33.2 Å². The van der Waals surface area contributed by atoms with Gasteiger partial charge < -0.3 is 4.74 Å². The van der Waals surface area contributed by atoms with Gasteiger partial charge in [0.2, 0.25) is 0 Å². The number of nitrogens with zero attached hydrogens (tertiary/aromatic N) is 3. The van der Waals surface area contributed by atoms with Gasteiger partial charge in [-0.15, -0.1) is 0 Å². The smallest absolute Gasteiger partial charge is 0.0991 e. The molecule has 0 radical (unpaired) electrons. The van der Waals surface area contributed by atoms with Crippen LogP contribution in [0.2, 0.25) is 0 Å². The van der Waals surface area contributed by atoms with Gasteiger partial charge in [-0.25, -0.2) is 0 Å². The summed E-state index contributed by atoms with van der Waals surface area (Å²) in [5.41, 5.74) is 2.98. The Kier molecular flexibility index (Phi) is 6.60. The molecule has 0 heterocycles. The molecule has 0 fully saturated rings. The van der Waals surface area contributed by atoms with Gasteiger partial charge in [-0.05, 0) is 30.2 Å². The molecule has 0 aliphatic carbocycles. The second kappa shape index (κ2) is 8.26. The summed E-state index contributed by atoms with van der Waals surface area (Å²) in [6, 6.07) is 10.0. The third-order valence-corrected chi connectivity index (χ3v) is 3.02. The molecule has 1 aromatic rings. The molecule has 0 aliphatic rings. The Hall–Kier alpha value is -1.88. The van der Waals surface area contributed by atoms with Crippen LogP contribution in [0.5, 0.6) is 0 Å². The third-order valence-electron chi connectivity index (χ3n) is 3.02. The molecule has 1 aromatic carbocycles. The van der Waals surface area contributed by atoms with Crippen molar-refractivity contribution in [2.45, 2.75) is 19.9 Å². The maximum atomic E-state index is 8.85. The molecule has 0 spiro atoms. The molecular formula is C15H19N3O. The van der Waals surface area contributed by atoms with E-state index in [1.54, 1.807) is 7.11 Å². The molecule has 0 aromatic heterocycles. The maximum Gasteiger partial charge on any atom is 0.0991 e. The minimum absolute atomic E-state index is 0.513. The Morgan fingerprint density at radius 2 is 2.05 bits per heavy atom. The Labute approximate surface area is 114 Å². The van der Waals surface area contributed by atoms with E-state index in [-0.39, 0.29) is 0 Å². The zero-order valence-electron chi connectivity index (χ0n) is 11.5. The van der Waals surface area contributed by atoms with Crippen molar-refractivity contribution >= 4 is 0 Å². The first-order chi connectivity index (χ1) is 9.21. The number of methoxy groups -OCH3 is 1. The lowest BCUT2D eigenvalue weighted by Gasteiger charge is -2.21. The summed E-state index contributed by atoms with van der Waals surface area (Å²) >= 11 is 0. The van der Waals surface area contributed by atoms with Crippen LogP contribution in [0.1, 0.15) is 23.1 Å². The molecule has 0 atom stereocenters. The van der Waals surface area contributed by atoms with E-state index in [0.29, 0.717) is 18.6 Å². The Morgan fingerprint density at radius 1 is 1.26 bits per heavy atom. The first kappa shape index (κ1) is 15.2. The lowest BCUT2D eigenvalue weighted by molar-refractivity contribution is 0.145. The summed E-state index contributed by atoms with van der Waals surface area (Å²) in [6.07, 6.45) is 0.513. The number of hydrogen-bond donors (Lipinski definition) is 0. The topological polar surface area (TPSA) is 60.0 Å². The summed E-state index contributed by atoms with van der Waals surface area (Å²) in [4.78, 5) is 2.20. The van der Waals surface area contributed by atoms with Gasteiger partial charge in [-0.2, -0.15) is 10.5 Å². The van der Waals surface area contributed by atoms with Crippen LogP contribution in [-0.4, -0.2) is 31.7 Å². The normalized spacial score (nSPS) is 10.2. The van der Waals surface area contributed by atoms with Crippen LogP contribution in [0.15, 0.2) is 18.2 Å². The van der Waals surface area contributed by atoms with E-state index >= 15 is 0 Å². The van der Waals surface area contributed by atoms with E-state index in [9.17, 15) is 0 Å². The SMILES string of the molecule is COCCN(CCC#N)Cc1ccc(C#N)cc1C. The van der Waals surface area contributed by atoms with Crippen LogP contribution in [0.4, 0.5) is 0 Å². The maximum absolute atomic E-state index is 8.85. The number of rotatable bonds is 7. The quantitative estimate of drug-likeness (QED) is 0.751. The van der Waals surface area contributed by atoms with Crippen LogP contribution in [0.25, 0.3) is 0 Å². The Morgan fingerprint density at radius 3 is 2.63 bits per heavy atom. The number of hydrogen-bond acceptors (Lipinski definition) is 4. The van der Waals surface area contributed by atoms with Crippen molar-refractivity contribution in [3.8, 4) is 12.1 Å². The average molecular weight is 257 g/mol. The fourth-order valence-electron chi connectivity index (χ4n) is 1.88. The van der Waals surface area contributed by atoms with E-state index in [1.807, 2.05) is 25.1 Å². The lowest BCUT2D eigenvalue weighted by Crippen LogP contribution is -2.28. The van der Waals surface area contributed by atoms with Crippen molar-refractivity contribution in [2.24, 2.45) is 0 Å². The molecule has 0 N–H and O–H groups in total. The second-order valence-corrected chi connectivity index (χ2v) is 4.43. The zero-order valence-corrected chi connectivity index (χ0v) is 11.5. The number of nitriles is 2. The molecule has 4 nitrogen and oxygen atoms in total. The van der Waals surface area contributed by atoms with Crippen molar-refractivity contribution in [3.05, 3.63) is 34.9 Å². The van der Waals surface area contributed by atoms with Crippen molar-refractivity contribution in [2.75, 3.05) is 26.8 Å². The monoisotopic (exact) mass is 257 g/mol. The highest BCUT2D eigenvalue weighted by atomic mass is 16.5. The third kappa shape index (κ3) is 5.09. The molecule has 0 bridgehead atoms. The van der Waals surface area contributed by atoms with E-state index < -0.39 is 0 Å². The average Bonchev–Trinajstić information content (AvgIpc) is 2.43. The van der Waals surface area contributed by atoms with Gasteiger partial charge in [0.1, 0.15) is 0 Å². The van der Waals surface area contributed by atoms with Gasteiger partial charge in [-0.3, -0.25) is 4.90 Å². The number of ether oxygens (including phenoxy) is 1. The van der Waals surface area contributed by atoms with E-state index in [1.165, 1.54) is 5.56 Å². The van der Waals surface area contributed by atoms with Crippen molar-refractivity contribution < 1.29 is 4.74 Å². The fourth-order valence-corrected chi connectivity index (χ4v) is 1.88. The van der Waals surface area contributed by atoms with Gasteiger partial charge >= 0.3 is 0 Å². The van der Waals surface area contributed by atoms with Gasteiger partial charge in [0.15, 0.2) is 0 Å². The molecule has 0 saturated heterocycles. The molecule has 0 amide bonds. The molecule has 100 valence electrons. The minimum Gasteiger partial charge on any atom is -0.383 e. The van der Waals surface area contributed by atoms with Crippen LogP contribution < -0.4 is 0 Å². The summed E-state index contributed by atoms with van der Waals surface area (Å²) < 4.78 is 5.09. The zero-order chi connectivity index (χ0) is 14.1. The highest BCUT2D eigenvalue weighted by Crippen LogP contribution is 2.13. The fraction of sp³-hybridized carbons (Fsp3) is 0.467. The Bertz CT molecular complexity index is 485. The summed E-state index contributed by atoms with van der Waals surface area (Å²) in [7, 11) is 1.68. The number of benzene rings is 1. The molecule has 0 aliphatic heterocycles. The molecule has 1 rings (SSSR count). The standard InChI is InChI=1S/C15H19N3O/c1-13-10-14(11-17)4-5-15(13)12-18(7-3-6-16)8-9-19-2/h4-5,10H,3,7-9,12H2,1-2H3. The molecule has 0 saturated carbocycles.